The summed E-state index contributed by atoms with van der Waals surface area (Å²) in [6.45, 7) is 1.18. The fourth-order valence-electron chi connectivity index (χ4n) is 2.53. The average molecular weight is 363 g/mol. The maximum atomic E-state index is 12.3. The minimum absolute atomic E-state index is 0.107. The quantitative estimate of drug-likeness (QED) is 0.643. The number of carbonyl (C=O) groups is 3. The third kappa shape index (κ3) is 6.36. The Bertz CT molecular complexity index is 608. The average Bonchev–Trinajstić information content (AvgIpc) is 3.05. The van der Waals surface area contributed by atoms with Crippen molar-refractivity contribution in [3.8, 4) is 0 Å². The molecule has 1 aromatic rings. The Hall–Kier alpha value is -2.61. The van der Waals surface area contributed by atoms with E-state index in [1.165, 1.54) is 0 Å². The first-order valence-electron chi connectivity index (χ1n) is 8.74. The van der Waals surface area contributed by atoms with E-state index in [1.807, 2.05) is 30.3 Å². The molecule has 0 aromatic heterocycles. The molecule has 8 nitrogen and oxygen atoms in total. The Balaban J connectivity index is 1.86. The van der Waals surface area contributed by atoms with Crippen LogP contribution in [0.4, 0.5) is 4.79 Å². The van der Waals surface area contributed by atoms with Crippen molar-refractivity contribution in [1.82, 2.24) is 15.7 Å². The molecular formula is C18H25N3O5. The van der Waals surface area contributed by atoms with Gasteiger partial charge in [-0.3, -0.25) is 4.79 Å². The van der Waals surface area contributed by atoms with Gasteiger partial charge in [0.15, 0.2) is 0 Å². The summed E-state index contributed by atoms with van der Waals surface area (Å²) >= 11 is 0. The molecule has 1 heterocycles. The van der Waals surface area contributed by atoms with Gasteiger partial charge in [0.05, 0.1) is 6.54 Å². The van der Waals surface area contributed by atoms with Crippen molar-refractivity contribution >= 4 is 18.0 Å². The second-order valence-electron chi connectivity index (χ2n) is 6.01. The molecule has 0 spiro atoms. The van der Waals surface area contributed by atoms with Crippen LogP contribution in [0.15, 0.2) is 30.3 Å². The molecule has 1 aromatic carbocycles. The number of benzene rings is 1. The maximum Gasteiger partial charge on any atom is 0.408 e. The zero-order chi connectivity index (χ0) is 18.8. The van der Waals surface area contributed by atoms with Gasteiger partial charge >= 0.3 is 12.1 Å². The highest BCUT2D eigenvalue weighted by molar-refractivity contribution is 5.83. The van der Waals surface area contributed by atoms with Crippen LogP contribution >= 0.6 is 0 Å². The van der Waals surface area contributed by atoms with Crippen LogP contribution in [0.5, 0.6) is 0 Å². The predicted molar refractivity (Wildman–Crippen MR) is 93.8 cm³/mol. The second-order valence-corrected chi connectivity index (χ2v) is 6.01. The Morgan fingerprint density at radius 1 is 1.27 bits per heavy atom. The molecule has 8 heteroatoms. The molecule has 0 aliphatic carbocycles. The summed E-state index contributed by atoms with van der Waals surface area (Å²) in [7, 11) is 1.80. The fraction of sp³-hybridized carbons (Fsp3) is 0.500. The van der Waals surface area contributed by atoms with Crippen LogP contribution in [0.3, 0.4) is 0 Å². The lowest BCUT2D eigenvalue weighted by atomic mass is 10.1. The molecule has 1 aliphatic rings. The third-order valence-corrected chi connectivity index (χ3v) is 3.94. The summed E-state index contributed by atoms with van der Waals surface area (Å²) in [6, 6.07) is 8.37. The van der Waals surface area contributed by atoms with Gasteiger partial charge in [0.25, 0.3) is 5.91 Å². The summed E-state index contributed by atoms with van der Waals surface area (Å²) in [5.41, 5.74) is 0.847. The molecule has 0 saturated carbocycles. The molecule has 1 fully saturated rings. The Morgan fingerprint density at radius 2 is 2.04 bits per heavy atom. The number of ether oxygens (including phenoxy) is 1. The molecule has 2 amide bonds. The monoisotopic (exact) mass is 363 g/mol. The normalized spacial score (nSPS) is 14.8. The number of nitrogens with one attached hydrogen (secondary N) is 2. The lowest BCUT2D eigenvalue weighted by Gasteiger charge is -2.21. The van der Waals surface area contributed by atoms with Gasteiger partial charge in [-0.1, -0.05) is 30.3 Å². The van der Waals surface area contributed by atoms with Crippen LogP contribution in [0.25, 0.3) is 0 Å². The number of rotatable bonds is 9. The van der Waals surface area contributed by atoms with Crippen LogP contribution in [0.1, 0.15) is 31.2 Å². The molecular weight excluding hydrogens is 338 g/mol. The van der Waals surface area contributed by atoms with Gasteiger partial charge in [0.1, 0.15) is 12.6 Å². The first kappa shape index (κ1) is 19.7. The van der Waals surface area contributed by atoms with Gasteiger partial charge in [-0.15, -0.1) is 0 Å². The van der Waals surface area contributed by atoms with E-state index in [0.717, 1.165) is 10.6 Å². The van der Waals surface area contributed by atoms with Gasteiger partial charge < -0.3 is 20.2 Å². The molecule has 0 bridgehead atoms. The summed E-state index contributed by atoms with van der Waals surface area (Å²) in [4.78, 5) is 41.1. The van der Waals surface area contributed by atoms with Crippen molar-refractivity contribution in [3.63, 3.8) is 0 Å². The van der Waals surface area contributed by atoms with E-state index < -0.39 is 18.1 Å². The van der Waals surface area contributed by atoms with Crippen LogP contribution in [-0.2, 0) is 25.8 Å². The van der Waals surface area contributed by atoms with Crippen molar-refractivity contribution in [1.29, 1.82) is 0 Å². The zero-order valence-electron chi connectivity index (χ0n) is 14.9. The van der Waals surface area contributed by atoms with Crippen LogP contribution in [-0.4, -0.2) is 49.2 Å². The number of amides is 2. The summed E-state index contributed by atoms with van der Waals surface area (Å²) in [5, 5.41) is 6.57. The van der Waals surface area contributed by atoms with Crippen molar-refractivity contribution in [2.75, 3.05) is 20.1 Å². The van der Waals surface area contributed by atoms with E-state index >= 15 is 0 Å². The van der Waals surface area contributed by atoms with E-state index in [9.17, 15) is 14.4 Å². The standard InChI is InChI=1S/C18H25N3O5/c1-19-11-5-9-15(17(23)26-21-12-6-10-16(21)22)20-18(24)25-13-14-7-3-2-4-8-14/h2-4,7-8,15,19H,5-6,9-13H2,1H3,(H,20,24). The zero-order valence-corrected chi connectivity index (χ0v) is 14.9. The molecule has 26 heavy (non-hydrogen) atoms. The van der Waals surface area contributed by atoms with E-state index in [1.54, 1.807) is 7.05 Å². The largest absolute Gasteiger partial charge is 0.445 e. The van der Waals surface area contributed by atoms with E-state index in [4.69, 9.17) is 9.57 Å². The van der Waals surface area contributed by atoms with Crippen LogP contribution < -0.4 is 10.6 Å². The van der Waals surface area contributed by atoms with Crippen molar-refractivity contribution < 1.29 is 24.0 Å². The smallest absolute Gasteiger partial charge is 0.408 e. The van der Waals surface area contributed by atoms with E-state index in [2.05, 4.69) is 10.6 Å². The number of hydrogen-bond donors (Lipinski definition) is 2. The molecule has 1 unspecified atom stereocenters. The first-order valence-corrected chi connectivity index (χ1v) is 8.74. The second kappa shape index (κ2) is 10.4. The minimum Gasteiger partial charge on any atom is -0.445 e. The van der Waals surface area contributed by atoms with Gasteiger partial charge in [-0.2, -0.15) is 5.06 Å². The molecule has 1 saturated heterocycles. The lowest BCUT2D eigenvalue weighted by Crippen LogP contribution is -2.45. The highest BCUT2D eigenvalue weighted by Gasteiger charge is 2.29. The Kier molecular flexibility index (Phi) is 7.88. The molecule has 142 valence electrons. The number of hydrogen-bond acceptors (Lipinski definition) is 6. The number of nitrogens with zero attached hydrogens (tertiary/aromatic N) is 1. The Morgan fingerprint density at radius 3 is 2.69 bits per heavy atom. The summed E-state index contributed by atoms with van der Waals surface area (Å²) in [6.07, 6.45) is 1.35. The van der Waals surface area contributed by atoms with E-state index in [-0.39, 0.29) is 12.5 Å². The minimum atomic E-state index is -0.875. The number of carbonyl (C=O) groups excluding carboxylic acids is 3. The van der Waals surface area contributed by atoms with Gasteiger partial charge in [-0.25, -0.2) is 9.59 Å². The topological polar surface area (TPSA) is 97.0 Å². The van der Waals surface area contributed by atoms with Crippen molar-refractivity contribution in [2.45, 2.75) is 38.3 Å². The molecule has 1 aliphatic heterocycles. The first-order chi connectivity index (χ1) is 12.6. The van der Waals surface area contributed by atoms with Crippen LogP contribution in [0, 0.1) is 0 Å². The van der Waals surface area contributed by atoms with E-state index in [0.29, 0.717) is 38.8 Å². The number of hydroxylamine groups is 2. The van der Waals surface area contributed by atoms with Gasteiger partial charge in [0.2, 0.25) is 0 Å². The summed E-state index contributed by atoms with van der Waals surface area (Å²) < 4.78 is 5.15. The van der Waals surface area contributed by atoms with Gasteiger partial charge in [0, 0.05) is 6.42 Å². The predicted octanol–water partition coefficient (Wildman–Crippen LogP) is 1.36. The van der Waals surface area contributed by atoms with Crippen molar-refractivity contribution in [3.05, 3.63) is 35.9 Å². The highest BCUT2D eigenvalue weighted by atomic mass is 16.7. The Labute approximate surface area is 152 Å². The summed E-state index contributed by atoms with van der Waals surface area (Å²) in [5.74, 6) is -0.882. The molecule has 1 atom stereocenters. The third-order valence-electron chi connectivity index (χ3n) is 3.94. The lowest BCUT2D eigenvalue weighted by molar-refractivity contribution is -0.194. The molecule has 2 N–H and O–H groups in total. The highest BCUT2D eigenvalue weighted by Crippen LogP contribution is 2.12. The van der Waals surface area contributed by atoms with Crippen molar-refractivity contribution in [2.24, 2.45) is 0 Å². The fourth-order valence-corrected chi connectivity index (χ4v) is 2.53. The molecule has 2 rings (SSSR count). The number of alkyl carbamates (subject to hydrolysis) is 1. The maximum absolute atomic E-state index is 12.3. The van der Waals surface area contributed by atoms with Gasteiger partial charge in [-0.05, 0) is 38.4 Å². The SMILES string of the molecule is CNCCCC(NC(=O)OCc1ccccc1)C(=O)ON1CCCC1=O. The molecule has 0 radical (unpaired) electrons. The van der Waals surface area contributed by atoms with Crippen LogP contribution in [0.2, 0.25) is 0 Å².